The zero-order chi connectivity index (χ0) is 19.0. The Bertz CT molecular complexity index is 1010. The number of hydrogen-bond donors (Lipinski definition) is 2. The lowest BCUT2D eigenvalue weighted by Crippen LogP contribution is -2.25. The van der Waals surface area contributed by atoms with Crippen molar-refractivity contribution >= 4 is 17.6 Å². The fourth-order valence-electron chi connectivity index (χ4n) is 3.44. The normalized spacial score (nSPS) is 15.7. The quantitative estimate of drug-likeness (QED) is 0.743. The van der Waals surface area contributed by atoms with Crippen LogP contribution in [0.4, 0.5) is 5.69 Å². The smallest absolute Gasteiger partial charge is 0.339 e. The van der Waals surface area contributed by atoms with Crippen LogP contribution in [-0.2, 0) is 4.79 Å². The van der Waals surface area contributed by atoms with Crippen LogP contribution in [0.2, 0.25) is 0 Å². The monoisotopic (exact) mass is 363 g/mol. The molecule has 1 aliphatic heterocycles. The molecule has 27 heavy (non-hydrogen) atoms. The summed E-state index contributed by atoms with van der Waals surface area (Å²) in [5.41, 5.74) is 2.76. The van der Waals surface area contributed by atoms with Crippen molar-refractivity contribution in [1.29, 1.82) is 0 Å². The fraction of sp³-hybridized carbons (Fsp3) is 0.150. The van der Waals surface area contributed by atoms with Gasteiger partial charge in [0.25, 0.3) is 0 Å². The van der Waals surface area contributed by atoms with E-state index in [9.17, 15) is 14.7 Å². The average Bonchev–Trinajstić information content (AvgIpc) is 3.07. The summed E-state index contributed by atoms with van der Waals surface area (Å²) in [7, 11) is 1.59. The molecule has 3 heterocycles. The van der Waals surface area contributed by atoms with Gasteiger partial charge in [0.05, 0.1) is 18.5 Å². The highest BCUT2D eigenvalue weighted by molar-refractivity contribution is 6.04. The van der Waals surface area contributed by atoms with Crippen LogP contribution >= 0.6 is 0 Å². The van der Waals surface area contributed by atoms with Crippen molar-refractivity contribution in [2.45, 2.75) is 12.3 Å². The first-order valence-electron chi connectivity index (χ1n) is 8.41. The van der Waals surface area contributed by atoms with Gasteiger partial charge in [0.15, 0.2) is 0 Å². The van der Waals surface area contributed by atoms with Crippen LogP contribution in [0.15, 0.2) is 55.0 Å². The van der Waals surface area contributed by atoms with Gasteiger partial charge in [-0.05, 0) is 35.9 Å². The van der Waals surface area contributed by atoms with Crippen LogP contribution in [0.5, 0.6) is 5.75 Å². The van der Waals surface area contributed by atoms with E-state index in [1.54, 1.807) is 31.8 Å². The Balaban J connectivity index is 1.94. The second-order valence-electron chi connectivity index (χ2n) is 6.27. The Kier molecular flexibility index (Phi) is 4.12. The number of nitrogens with one attached hydrogen (secondary N) is 1. The molecule has 7 nitrogen and oxygen atoms in total. The number of methoxy groups -OCH3 is 1. The number of benzene rings is 1. The number of ether oxygens (including phenoxy) is 1. The van der Waals surface area contributed by atoms with E-state index in [0.717, 1.165) is 16.9 Å². The zero-order valence-electron chi connectivity index (χ0n) is 14.5. The second-order valence-corrected chi connectivity index (χ2v) is 6.27. The van der Waals surface area contributed by atoms with Gasteiger partial charge in [0.1, 0.15) is 11.3 Å². The predicted octanol–water partition coefficient (Wildman–Crippen LogP) is 3.05. The van der Waals surface area contributed by atoms with Crippen LogP contribution in [0.25, 0.3) is 5.69 Å². The van der Waals surface area contributed by atoms with Gasteiger partial charge in [-0.3, -0.25) is 9.78 Å². The Morgan fingerprint density at radius 1 is 1.30 bits per heavy atom. The minimum atomic E-state index is -1.09. The molecule has 2 N–H and O–H groups in total. The number of carbonyl (C=O) groups is 2. The number of amides is 1. The standard InChI is InChI=1S/C20H17N3O4/c1-27-14-6-4-13(5-7-14)23-11-16(20(25)26)18-19(23)15(9-17(24)22-18)12-3-2-8-21-10-12/h2-8,10-11,15H,9H2,1H3,(H,22,24)(H,25,26)/t15-/m1/s1. The molecule has 3 aromatic rings. The first-order chi connectivity index (χ1) is 13.1. The Morgan fingerprint density at radius 3 is 2.70 bits per heavy atom. The average molecular weight is 363 g/mol. The van der Waals surface area contributed by atoms with Crippen molar-refractivity contribution in [3.63, 3.8) is 0 Å². The van der Waals surface area contributed by atoms with E-state index in [2.05, 4.69) is 10.3 Å². The van der Waals surface area contributed by atoms with Crippen molar-refractivity contribution in [2.24, 2.45) is 0 Å². The molecule has 7 heteroatoms. The summed E-state index contributed by atoms with van der Waals surface area (Å²) in [5.74, 6) is -0.898. The van der Waals surface area contributed by atoms with E-state index < -0.39 is 5.97 Å². The number of nitrogens with zero attached hydrogens (tertiary/aromatic N) is 2. The molecule has 0 fully saturated rings. The summed E-state index contributed by atoms with van der Waals surface area (Å²) in [6.07, 6.45) is 5.14. The largest absolute Gasteiger partial charge is 0.497 e. The first-order valence-corrected chi connectivity index (χ1v) is 8.41. The molecule has 1 aliphatic rings. The number of aromatic nitrogens is 2. The van der Waals surface area contributed by atoms with E-state index in [1.165, 1.54) is 0 Å². The molecule has 1 amide bonds. The number of hydrogen-bond acceptors (Lipinski definition) is 4. The molecule has 0 aliphatic carbocycles. The lowest BCUT2D eigenvalue weighted by Gasteiger charge is -2.26. The SMILES string of the molecule is COc1ccc(-n2cc(C(=O)O)c3c2[C@@H](c2cccnc2)CC(=O)N3)cc1. The number of aromatic carboxylic acids is 1. The molecule has 0 unspecified atom stereocenters. The van der Waals surface area contributed by atoms with E-state index in [0.29, 0.717) is 11.4 Å². The van der Waals surface area contributed by atoms with Crippen molar-refractivity contribution < 1.29 is 19.4 Å². The Morgan fingerprint density at radius 2 is 2.07 bits per heavy atom. The molecule has 4 rings (SSSR count). The highest BCUT2D eigenvalue weighted by atomic mass is 16.5. The highest BCUT2D eigenvalue weighted by Crippen LogP contribution is 2.41. The topological polar surface area (TPSA) is 93.4 Å². The van der Waals surface area contributed by atoms with Gasteiger partial charge in [0.2, 0.25) is 5.91 Å². The van der Waals surface area contributed by atoms with Gasteiger partial charge in [0, 0.05) is 36.6 Å². The maximum Gasteiger partial charge on any atom is 0.339 e. The molecule has 0 saturated carbocycles. The number of carbonyl (C=O) groups excluding carboxylic acids is 1. The molecule has 0 radical (unpaired) electrons. The lowest BCUT2D eigenvalue weighted by atomic mass is 9.89. The van der Waals surface area contributed by atoms with Crippen LogP contribution < -0.4 is 10.1 Å². The van der Waals surface area contributed by atoms with Crippen molar-refractivity contribution in [3.05, 3.63) is 71.8 Å². The zero-order valence-corrected chi connectivity index (χ0v) is 14.5. The van der Waals surface area contributed by atoms with Crippen LogP contribution in [0.1, 0.15) is 34.0 Å². The number of pyridine rings is 1. The molecule has 1 atom stereocenters. The molecule has 1 aromatic carbocycles. The lowest BCUT2D eigenvalue weighted by molar-refractivity contribution is -0.116. The number of fused-ring (bicyclic) bond motifs is 1. The van der Waals surface area contributed by atoms with Gasteiger partial charge in [-0.15, -0.1) is 0 Å². The first kappa shape index (κ1) is 16.8. The van der Waals surface area contributed by atoms with Gasteiger partial charge < -0.3 is 19.7 Å². The fourth-order valence-corrected chi connectivity index (χ4v) is 3.44. The molecule has 0 bridgehead atoms. The second kappa shape index (κ2) is 6.60. The molecule has 2 aromatic heterocycles. The summed E-state index contributed by atoms with van der Waals surface area (Å²) in [4.78, 5) is 28.2. The summed E-state index contributed by atoms with van der Waals surface area (Å²) >= 11 is 0. The maximum absolute atomic E-state index is 12.3. The van der Waals surface area contributed by atoms with Crippen molar-refractivity contribution in [1.82, 2.24) is 9.55 Å². The Hall–Kier alpha value is -3.61. The van der Waals surface area contributed by atoms with E-state index in [-0.39, 0.29) is 23.8 Å². The Labute approximate surface area is 155 Å². The summed E-state index contributed by atoms with van der Waals surface area (Å²) in [6, 6.07) is 11.0. The summed E-state index contributed by atoms with van der Waals surface area (Å²) in [6.45, 7) is 0. The molecule has 0 saturated heterocycles. The maximum atomic E-state index is 12.3. The number of carboxylic acid groups (broad SMARTS) is 1. The van der Waals surface area contributed by atoms with Gasteiger partial charge in [-0.2, -0.15) is 0 Å². The number of anilines is 1. The minimum absolute atomic E-state index is 0.0581. The van der Waals surface area contributed by atoms with Crippen LogP contribution in [0.3, 0.4) is 0 Å². The summed E-state index contributed by atoms with van der Waals surface area (Å²) in [5, 5.41) is 12.4. The highest BCUT2D eigenvalue weighted by Gasteiger charge is 2.34. The minimum Gasteiger partial charge on any atom is -0.497 e. The van der Waals surface area contributed by atoms with E-state index in [1.807, 2.05) is 34.9 Å². The third-order valence-corrected chi connectivity index (χ3v) is 4.70. The molecular formula is C20H17N3O4. The third-order valence-electron chi connectivity index (χ3n) is 4.70. The van der Waals surface area contributed by atoms with Crippen LogP contribution in [-0.4, -0.2) is 33.6 Å². The molecular weight excluding hydrogens is 346 g/mol. The van der Waals surface area contributed by atoms with Crippen molar-refractivity contribution in [2.75, 3.05) is 12.4 Å². The number of rotatable bonds is 4. The van der Waals surface area contributed by atoms with Gasteiger partial charge >= 0.3 is 5.97 Å². The molecule has 0 spiro atoms. The molecule has 136 valence electrons. The van der Waals surface area contributed by atoms with E-state index in [4.69, 9.17) is 4.74 Å². The number of carboxylic acids is 1. The van der Waals surface area contributed by atoms with Crippen LogP contribution in [0, 0.1) is 0 Å². The summed E-state index contributed by atoms with van der Waals surface area (Å²) < 4.78 is 7.01. The predicted molar refractivity (Wildman–Crippen MR) is 98.6 cm³/mol. The van der Waals surface area contributed by atoms with Gasteiger partial charge in [-0.1, -0.05) is 6.07 Å². The van der Waals surface area contributed by atoms with E-state index >= 15 is 0 Å². The van der Waals surface area contributed by atoms with Crippen molar-refractivity contribution in [3.8, 4) is 11.4 Å². The third kappa shape index (κ3) is 2.93. The van der Waals surface area contributed by atoms with Gasteiger partial charge in [-0.25, -0.2) is 4.79 Å².